The van der Waals surface area contributed by atoms with Gasteiger partial charge in [-0.1, -0.05) is 18.2 Å². The summed E-state index contributed by atoms with van der Waals surface area (Å²) in [7, 11) is 0. The molecule has 0 amide bonds. The van der Waals surface area contributed by atoms with Crippen molar-refractivity contribution in [2.24, 2.45) is 0 Å². The molecule has 0 saturated heterocycles. The summed E-state index contributed by atoms with van der Waals surface area (Å²) in [6, 6.07) is 11.6. The third-order valence-corrected chi connectivity index (χ3v) is 2.62. The average molecular weight is 259 g/mol. The number of nitro groups is 1. The number of aryl methyl sites for hydroxylation is 1. The monoisotopic (exact) mass is 259 g/mol. The summed E-state index contributed by atoms with van der Waals surface area (Å²) in [5, 5.41) is 20.0. The highest BCUT2D eigenvalue weighted by Gasteiger charge is 2.15. The second kappa shape index (κ2) is 5.49. The fourth-order valence-electron chi connectivity index (χ4n) is 1.69. The number of nitro benzene ring substituents is 1. The van der Waals surface area contributed by atoms with Gasteiger partial charge in [-0.05, 0) is 36.2 Å². The summed E-state index contributed by atoms with van der Waals surface area (Å²) in [5.74, 6) is 0.643. The van der Waals surface area contributed by atoms with E-state index in [2.05, 4.69) is 0 Å². The van der Waals surface area contributed by atoms with Gasteiger partial charge in [0, 0.05) is 6.07 Å². The van der Waals surface area contributed by atoms with E-state index in [0.29, 0.717) is 11.3 Å². The van der Waals surface area contributed by atoms with E-state index in [1.54, 1.807) is 43.3 Å². The van der Waals surface area contributed by atoms with E-state index in [4.69, 9.17) is 9.84 Å². The molecule has 0 atom stereocenters. The third-order valence-electron chi connectivity index (χ3n) is 2.62. The van der Waals surface area contributed by atoms with Crippen molar-refractivity contribution in [1.82, 2.24) is 0 Å². The molecule has 0 spiro atoms. The molecule has 5 nitrogen and oxygen atoms in total. The normalized spacial score (nSPS) is 10.2. The van der Waals surface area contributed by atoms with Crippen LogP contribution in [0.15, 0.2) is 42.5 Å². The first-order valence-electron chi connectivity index (χ1n) is 5.73. The highest BCUT2D eigenvalue weighted by Crippen LogP contribution is 2.32. The molecule has 0 bridgehead atoms. The highest BCUT2D eigenvalue weighted by atomic mass is 16.6. The molecule has 0 radical (unpaired) electrons. The first kappa shape index (κ1) is 13.0. The second-order valence-electron chi connectivity index (χ2n) is 4.14. The lowest BCUT2D eigenvalue weighted by Crippen LogP contribution is -1.94. The molecule has 0 fully saturated rings. The van der Waals surface area contributed by atoms with Crippen molar-refractivity contribution < 1.29 is 14.8 Å². The van der Waals surface area contributed by atoms with Crippen LogP contribution in [0.25, 0.3) is 0 Å². The fourth-order valence-corrected chi connectivity index (χ4v) is 1.69. The number of rotatable bonds is 4. The Bertz CT molecular complexity index is 610. The van der Waals surface area contributed by atoms with Crippen LogP contribution in [0.4, 0.5) is 5.69 Å². The van der Waals surface area contributed by atoms with E-state index in [1.165, 1.54) is 6.07 Å². The number of hydrogen-bond acceptors (Lipinski definition) is 4. The zero-order valence-corrected chi connectivity index (χ0v) is 10.4. The van der Waals surface area contributed by atoms with Gasteiger partial charge < -0.3 is 9.84 Å². The predicted molar refractivity (Wildman–Crippen MR) is 70.3 cm³/mol. The van der Waals surface area contributed by atoms with Crippen molar-refractivity contribution in [2.45, 2.75) is 13.5 Å². The fraction of sp³-hybridized carbons (Fsp3) is 0.143. The molecular weight excluding hydrogens is 246 g/mol. The van der Waals surface area contributed by atoms with Gasteiger partial charge in [0.1, 0.15) is 5.75 Å². The zero-order valence-electron chi connectivity index (χ0n) is 10.4. The number of hydrogen-bond donors (Lipinski definition) is 1. The lowest BCUT2D eigenvalue weighted by molar-refractivity contribution is -0.385. The molecule has 2 rings (SSSR count). The molecule has 5 heteroatoms. The Labute approximate surface area is 110 Å². The van der Waals surface area contributed by atoms with Crippen LogP contribution in [0.5, 0.6) is 11.5 Å². The maximum absolute atomic E-state index is 11.0. The van der Waals surface area contributed by atoms with Crippen molar-refractivity contribution in [3.8, 4) is 11.5 Å². The number of nitrogens with zero attached hydrogens (tertiary/aromatic N) is 1. The first-order chi connectivity index (χ1) is 9.10. The van der Waals surface area contributed by atoms with E-state index in [-0.39, 0.29) is 18.0 Å². The Morgan fingerprint density at radius 1 is 1.26 bits per heavy atom. The van der Waals surface area contributed by atoms with Crippen LogP contribution < -0.4 is 4.74 Å². The van der Waals surface area contributed by atoms with Crippen molar-refractivity contribution in [3.63, 3.8) is 0 Å². The molecule has 0 aliphatic rings. The second-order valence-corrected chi connectivity index (χ2v) is 4.14. The van der Waals surface area contributed by atoms with Crippen molar-refractivity contribution >= 4 is 5.69 Å². The Kier molecular flexibility index (Phi) is 3.77. The van der Waals surface area contributed by atoms with Gasteiger partial charge in [0.25, 0.3) is 0 Å². The van der Waals surface area contributed by atoms with Gasteiger partial charge >= 0.3 is 5.69 Å². The van der Waals surface area contributed by atoms with E-state index < -0.39 is 4.92 Å². The van der Waals surface area contributed by atoms with Crippen LogP contribution in [0.2, 0.25) is 0 Å². The minimum atomic E-state index is -0.474. The van der Waals surface area contributed by atoms with Crippen LogP contribution in [0.1, 0.15) is 11.1 Å². The van der Waals surface area contributed by atoms with Crippen molar-refractivity contribution in [1.29, 1.82) is 0 Å². The smallest absolute Gasteiger partial charge is 0.311 e. The Morgan fingerprint density at radius 2 is 2.05 bits per heavy atom. The van der Waals surface area contributed by atoms with Crippen LogP contribution in [-0.4, -0.2) is 10.0 Å². The lowest BCUT2D eigenvalue weighted by atomic mass is 10.2. The van der Waals surface area contributed by atoms with Gasteiger partial charge in [-0.2, -0.15) is 0 Å². The van der Waals surface area contributed by atoms with E-state index in [9.17, 15) is 10.1 Å². The maximum atomic E-state index is 11.0. The Morgan fingerprint density at radius 3 is 2.74 bits per heavy atom. The largest absolute Gasteiger partial charge is 0.450 e. The standard InChI is InChI=1S/C14H13NO4/c1-10-5-6-14(13(7-10)15(17)18)19-12-4-2-3-11(8-12)9-16/h2-8,16H,9H2,1H3. The summed E-state index contributed by atoms with van der Waals surface area (Å²) >= 11 is 0. The van der Waals surface area contributed by atoms with Gasteiger partial charge in [-0.3, -0.25) is 10.1 Å². The van der Waals surface area contributed by atoms with Crippen LogP contribution >= 0.6 is 0 Å². The minimum Gasteiger partial charge on any atom is -0.450 e. The van der Waals surface area contributed by atoms with Crippen LogP contribution in [0.3, 0.4) is 0 Å². The van der Waals surface area contributed by atoms with Gasteiger partial charge in [-0.15, -0.1) is 0 Å². The van der Waals surface area contributed by atoms with Crippen LogP contribution in [0, 0.1) is 17.0 Å². The lowest BCUT2D eigenvalue weighted by Gasteiger charge is -2.07. The van der Waals surface area contributed by atoms with Crippen molar-refractivity contribution in [2.75, 3.05) is 0 Å². The molecule has 0 heterocycles. The molecule has 0 aliphatic heterocycles. The number of aliphatic hydroxyl groups excluding tert-OH is 1. The minimum absolute atomic E-state index is 0.0746. The molecule has 1 N–H and O–H groups in total. The van der Waals surface area contributed by atoms with Gasteiger partial charge in [0.15, 0.2) is 0 Å². The molecular formula is C14H13NO4. The van der Waals surface area contributed by atoms with Crippen molar-refractivity contribution in [3.05, 3.63) is 63.7 Å². The molecule has 0 unspecified atom stereocenters. The van der Waals surface area contributed by atoms with E-state index in [1.807, 2.05) is 0 Å². The summed E-state index contributed by atoms with van der Waals surface area (Å²) in [6.45, 7) is 1.68. The van der Waals surface area contributed by atoms with E-state index >= 15 is 0 Å². The first-order valence-corrected chi connectivity index (χ1v) is 5.73. The van der Waals surface area contributed by atoms with Gasteiger partial charge in [0.2, 0.25) is 5.75 Å². The molecule has 0 saturated carbocycles. The molecule has 0 aliphatic carbocycles. The summed E-state index contributed by atoms with van der Waals surface area (Å²) in [5.41, 5.74) is 1.41. The maximum Gasteiger partial charge on any atom is 0.311 e. The Hall–Kier alpha value is -2.40. The third kappa shape index (κ3) is 3.08. The summed E-state index contributed by atoms with van der Waals surface area (Å²) < 4.78 is 5.52. The molecule has 2 aromatic carbocycles. The van der Waals surface area contributed by atoms with Gasteiger partial charge in [-0.25, -0.2) is 0 Å². The summed E-state index contributed by atoms with van der Waals surface area (Å²) in [4.78, 5) is 10.5. The SMILES string of the molecule is Cc1ccc(Oc2cccc(CO)c2)c([N+](=O)[O-])c1. The molecule has 0 aromatic heterocycles. The highest BCUT2D eigenvalue weighted by molar-refractivity contribution is 5.50. The molecule has 98 valence electrons. The topological polar surface area (TPSA) is 72.6 Å². The Balaban J connectivity index is 2.34. The number of benzene rings is 2. The van der Waals surface area contributed by atoms with Crippen LogP contribution in [-0.2, 0) is 6.61 Å². The summed E-state index contributed by atoms with van der Waals surface area (Å²) in [6.07, 6.45) is 0. The predicted octanol–water partition coefficient (Wildman–Crippen LogP) is 3.19. The zero-order chi connectivity index (χ0) is 13.8. The van der Waals surface area contributed by atoms with Gasteiger partial charge in [0.05, 0.1) is 11.5 Å². The quantitative estimate of drug-likeness (QED) is 0.676. The molecule has 19 heavy (non-hydrogen) atoms. The average Bonchev–Trinajstić information content (AvgIpc) is 2.41. The number of aliphatic hydroxyl groups is 1. The van der Waals surface area contributed by atoms with E-state index in [0.717, 1.165) is 5.56 Å². The molecule has 2 aromatic rings. The number of ether oxygens (including phenoxy) is 1.